The van der Waals surface area contributed by atoms with Crippen LogP contribution in [0.2, 0.25) is 25.1 Å². The second-order valence-electron chi connectivity index (χ2n) is 4.86. The van der Waals surface area contributed by atoms with E-state index in [1.165, 1.54) is 28.9 Å². The summed E-state index contributed by atoms with van der Waals surface area (Å²) >= 11 is 38.9. The fraction of sp³-hybridized carbons (Fsp3) is 0. The number of fused-ring (bicyclic) bond motifs is 1. The molecule has 0 nitrogen and oxygen atoms in total. The molecule has 0 bridgehead atoms. The van der Waals surface area contributed by atoms with Crippen LogP contribution in [-0.4, -0.2) is 3.53 Å². The van der Waals surface area contributed by atoms with Gasteiger partial charge in [0.15, 0.2) is 0 Å². The summed E-state index contributed by atoms with van der Waals surface area (Å²) < 4.78 is 0.619. The van der Waals surface area contributed by atoms with Gasteiger partial charge in [0.2, 0.25) is 0 Å². The molecule has 0 aromatic heterocycles. The van der Waals surface area contributed by atoms with Crippen molar-refractivity contribution < 1.29 is 0 Å². The van der Waals surface area contributed by atoms with Gasteiger partial charge >= 0.3 is 0 Å². The van der Waals surface area contributed by atoms with E-state index >= 15 is 0 Å². The first-order chi connectivity index (χ1) is 11.9. The molecule has 0 aliphatic carbocycles. The Morgan fingerprint density at radius 1 is 0.680 bits per heavy atom. The zero-order valence-electron chi connectivity index (χ0n) is 12.2. The lowest BCUT2D eigenvalue weighted by atomic mass is 10.1. The van der Waals surface area contributed by atoms with Crippen molar-refractivity contribution in [2.24, 2.45) is 0 Å². The van der Waals surface area contributed by atoms with Crippen LogP contribution in [0.25, 0.3) is 10.8 Å². The first kappa shape index (κ1) is 19.9. The molecule has 3 aromatic rings. The lowest BCUT2D eigenvalue weighted by molar-refractivity contribution is 1.47. The van der Waals surface area contributed by atoms with Gasteiger partial charge in [0.05, 0.1) is 30.0 Å². The Bertz CT molecular complexity index is 958. The van der Waals surface area contributed by atoms with Gasteiger partial charge in [-0.1, -0.05) is 124 Å². The normalized spacial score (nSPS) is 11.1. The van der Waals surface area contributed by atoms with E-state index in [9.17, 15) is 0 Å². The lowest BCUT2D eigenvalue weighted by Crippen LogP contribution is -1.88. The van der Waals surface area contributed by atoms with E-state index in [1.54, 1.807) is 0 Å². The summed E-state index contributed by atoms with van der Waals surface area (Å²) in [6.45, 7) is 0. The monoisotopic (exact) mass is 482 g/mol. The van der Waals surface area contributed by atoms with E-state index in [0.717, 1.165) is 10.3 Å². The number of benzene rings is 3. The maximum atomic E-state index is 6.25. The molecule has 0 saturated heterocycles. The predicted octanol–water partition coefficient (Wildman–Crippen LogP) is 9.28. The Morgan fingerprint density at radius 3 is 1.88 bits per heavy atom. The van der Waals surface area contributed by atoms with Gasteiger partial charge in [-0.25, -0.2) is 0 Å². The zero-order valence-corrected chi connectivity index (χ0v) is 18.4. The van der Waals surface area contributed by atoms with Crippen LogP contribution in [0.4, 0.5) is 0 Å². The minimum atomic E-state index is 0.135. The van der Waals surface area contributed by atoms with Gasteiger partial charge in [0, 0.05) is 4.90 Å². The molecule has 25 heavy (non-hydrogen) atoms. The number of halogens is 5. The zero-order chi connectivity index (χ0) is 18.1. The summed E-state index contributed by atoms with van der Waals surface area (Å²) in [6, 6.07) is 14.3. The van der Waals surface area contributed by atoms with Crippen molar-refractivity contribution in [2.75, 3.05) is 0 Å². The quantitative estimate of drug-likeness (QED) is 0.154. The van der Waals surface area contributed by atoms with Crippen molar-refractivity contribution in [1.29, 1.82) is 0 Å². The summed E-state index contributed by atoms with van der Waals surface area (Å²) in [4.78, 5) is 1.52. The molecule has 0 spiro atoms. The number of hydrogen-bond donors (Lipinski definition) is 0. The molecule has 0 amide bonds. The average Bonchev–Trinajstić information content (AvgIpc) is 2.62. The van der Waals surface area contributed by atoms with Crippen LogP contribution in [-0.2, 0) is 0 Å². The van der Waals surface area contributed by atoms with Gasteiger partial charge in [-0.15, -0.1) is 0 Å². The summed E-state index contributed by atoms with van der Waals surface area (Å²) in [5, 5.41) is 3.27. The Hall–Kier alpha value is 0.160. The van der Waals surface area contributed by atoms with Crippen LogP contribution in [0, 0.1) is 0 Å². The number of thioether (sulfide) groups is 2. The largest absolute Gasteiger partial charge is 0.113 e. The third-order valence-corrected chi connectivity index (χ3v) is 8.21. The molecule has 0 aliphatic heterocycles. The molecule has 0 aliphatic rings. The Balaban J connectivity index is 1.85. The van der Waals surface area contributed by atoms with E-state index in [2.05, 4.69) is 24.3 Å². The predicted molar refractivity (Wildman–Crippen MR) is 120 cm³/mol. The molecule has 0 radical (unpaired) electrons. The van der Waals surface area contributed by atoms with Gasteiger partial charge in [0.1, 0.15) is 3.53 Å². The topological polar surface area (TPSA) is 0 Å². The molecule has 0 atom stereocenters. The molecule has 0 saturated carbocycles. The van der Waals surface area contributed by atoms with Crippen LogP contribution in [0.5, 0.6) is 0 Å². The van der Waals surface area contributed by atoms with Gasteiger partial charge in [0.25, 0.3) is 0 Å². The summed E-state index contributed by atoms with van der Waals surface area (Å²) in [5.41, 5.74) is 0. The van der Waals surface area contributed by atoms with Crippen LogP contribution in [0.3, 0.4) is 0 Å². The number of hydrogen-bond acceptors (Lipinski definition) is 3. The van der Waals surface area contributed by atoms with Crippen LogP contribution >= 0.6 is 93.7 Å². The van der Waals surface area contributed by atoms with E-state index in [4.69, 9.17) is 70.2 Å². The fourth-order valence-corrected chi connectivity index (χ4v) is 5.90. The molecule has 0 fully saturated rings. The van der Waals surface area contributed by atoms with E-state index in [-0.39, 0.29) is 25.1 Å². The van der Waals surface area contributed by atoms with Gasteiger partial charge < -0.3 is 0 Å². The van der Waals surface area contributed by atoms with Gasteiger partial charge in [-0.3, -0.25) is 0 Å². The highest BCUT2D eigenvalue weighted by Gasteiger charge is 2.21. The third kappa shape index (κ3) is 4.36. The van der Waals surface area contributed by atoms with Gasteiger partial charge in [-0.05, 0) is 22.9 Å². The number of rotatable bonds is 2. The summed E-state index contributed by atoms with van der Waals surface area (Å²) in [7, 11) is 0. The first-order valence-electron chi connectivity index (χ1n) is 6.78. The summed E-state index contributed by atoms with van der Waals surface area (Å²) in [6.07, 6.45) is 0. The van der Waals surface area contributed by atoms with Crippen molar-refractivity contribution in [3.63, 3.8) is 0 Å². The number of thiocarbonyl (C=S) groups is 1. The summed E-state index contributed by atoms with van der Waals surface area (Å²) in [5.74, 6) is 0. The highest BCUT2D eigenvalue weighted by atomic mass is 35.5. The minimum Gasteiger partial charge on any atom is -0.0813 e. The first-order valence-corrected chi connectivity index (χ1v) is 10.7. The Kier molecular flexibility index (Phi) is 6.73. The molecular weight excluding hydrogens is 478 g/mol. The second kappa shape index (κ2) is 8.45. The SMILES string of the molecule is S=C(Sc1ccc2ccccc2c1)Sc1c(Cl)c(Cl)c(Cl)c(Cl)c1Cl. The molecule has 128 valence electrons. The minimum absolute atomic E-state index is 0.135. The van der Waals surface area contributed by atoms with Crippen molar-refractivity contribution >= 4 is 108 Å². The maximum Gasteiger partial charge on any atom is 0.113 e. The molecule has 3 rings (SSSR count). The highest BCUT2D eigenvalue weighted by molar-refractivity contribution is 8.47. The highest BCUT2D eigenvalue weighted by Crippen LogP contribution is 2.49. The Morgan fingerprint density at radius 2 is 1.24 bits per heavy atom. The smallest absolute Gasteiger partial charge is 0.0813 e. The molecular formula is C17H7Cl5S3. The fourth-order valence-electron chi connectivity index (χ4n) is 2.11. The maximum absolute atomic E-state index is 6.25. The average molecular weight is 485 g/mol. The standard InChI is InChI=1S/C17H7Cl5S3/c18-11-12(19)14(21)16(15(22)13(11)20)25-17(23)24-10-6-5-8-3-1-2-4-9(8)7-10/h1-7H. The lowest BCUT2D eigenvalue weighted by Gasteiger charge is -2.12. The van der Waals surface area contributed by atoms with Crippen molar-refractivity contribution in [3.8, 4) is 0 Å². The molecule has 0 N–H and O–H groups in total. The third-order valence-electron chi connectivity index (χ3n) is 3.28. The van der Waals surface area contributed by atoms with E-state index < -0.39 is 0 Å². The van der Waals surface area contributed by atoms with Crippen molar-refractivity contribution in [1.82, 2.24) is 0 Å². The van der Waals surface area contributed by atoms with Crippen LogP contribution in [0.1, 0.15) is 0 Å². The van der Waals surface area contributed by atoms with E-state index in [0.29, 0.717) is 8.42 Å². The van der Waals surface area contributed by atoms with Crippen molar-refractivity contribution in [2.45, 2.75) is 9.79 Å². The molecule has 0 heterocycles. The van der Waals surface area contributed by atoms with Crippen LogP contribution < -0.4 is 0 Å². The molecule has 0 unspecified atom stereocenters. The Labute approximate surface area is 184 Å². The van der Waals surface area contributed by atoms with E-state index in [1.807, 2.05) is 18.2 Å². The van der Waals surface area contributed by atoms with Crippen molar-refractivity contribution in [3.05, 3.63) is 67.6 Å². The second-order valence-corrected chi connectivity index (χ2v) is 10.0. The molecule has 8 heteroatoms. The van der Waals surface area contributed by atoms with Crippen LogP contribution in [0.15, 0.2) is 52.3 Å². The van der Waals surface area contributed by atoms with Gasteiger partial charge in [-0.2, -0.15) is 0 Å². The molecule has 3 aromatic carbocycles.